The standard InChI is InChI=1S/C15H12BrNO2/c1-9-6-13(10(2)19-9)15(18)14(8-17)11-4-3-5-12(16)7-11/h3-7,14H,1-2H3. The number of nitrogens with zero attached hydrogens (tertiary/aromatic N) is 1. The van der Waals surface area contributed by atoms with E-state index in [1.54, 1.807) is 32.0 Å². The third-order valence-electron chi connectivity index (χ3n) is 2.88. The summed E-state index contributed by atoms with van der Waals surface area (Å²) in [4.78, 5) is 12.4. The van der Waals surface area contributed by atoms with Gasteiger partial charge in [0.15, 0.2) is 5.78 Å². The first-order chi connectivity index (χ1) is 9.02. The molecule has 1 heterocycles. The zero-order chi connectivity index (χ0) is 14.0. The highest BCUT2D eigenvalue weighted by molar-refractivity contribution is 9.10. The molecule has 2 aromatic rings. The molecule has 0 aliphatic carbocycles. The van der Waals surface area contributed by atoms with E-state index < -0.39 is 5.92 Å². The third kappa shape index (κ3) is 2.77. The monoisotopic (exact) mass is 317 g/mol. The van der Waals surface area contributed by atoms with Crippen LogP contribution in [0.4, 0.5) is 0 Å². The Labute approximate surface area is 120 Å². The number of carbonyl (C=O) groups excluding carboxylic acids is 1. The number of benzene rings is 1. The zero-order valence-corrected chi connectivity index (χ0v) is 12.2. The van der Waals surface area contributed by atoms with Gasteiger partial charge in [0.1, 0.15) is 17.4 Å². The van der Waals surface area contributed by atoms with Gasteiger partial charge in [0.2, 0.25) is 0 Å². The van der Waals surface area contributed by atoms with Gasteiger partial charge >= 0.3 is 0 Å². The van der Waals surface area contributed by atoms with E-state index in [1.807, 2.05) is 12.1 Å². The second-order valence-electron chi connectivity index (χ2n) is 4.31. The van der Waals surface area contributed by atoms with Crippen molar-refractivity contribution in [1.29, 1.82) is 5.26 Å². The maximum Gasteiger partial charge on any atom is 0.187 e. The smallest absolute Gasteiger partial charge is 0.187 e. The molecule has 0 bridgehead atoms. The van der Waals surface area contributed by atoms with Crippen LogP contribution in [0.1, 0.15) is 33.4 Å². The van der Waals surface area contributed by atoms with Crippen molar-refractivity contribution in [1.82, 2.24) is 0 Å². The second-order valence-corrected chi connectivity index (χ2v) is 5.22. The lowest BCUT2D eigenvalue weighted by Crippen LogP contribution is -2.11. The minimum atomic E-state index is -0.812. The van der Waals surface area contributed by atoms with Crippen LogP contribution < -0.4 is 0 Å². The molecule has 1 atom stereocenters. The van der Waals surface area contributed by atoms with Crippen LogP contribution in [0.25, 0.3) is 0 Å². The lowest BCUT2D eigenvalue weighted by atomic mass is 9.92. The maximum absolute atomic E-state index is 12.4. The van der Waals surface area contributed by atoms with Gasteiger partial charge in [-0.2, -0.15) is 5.26 Å². The van der Waals surface area contributed by atoms with Crippen molar-refractivity contribution in [3.8, 4) is 6.07 Å². The number of hydrogen-bond donors (Lipinski definition) is 0. The van der Waals surface area contributed by atoms with E-state index in [0.717, 1.165) is 4.47 Å². The van der Waals surface area contributed by atoms with Crippen LogP contribution in [0, 0.1) is 25.2 Å². The lowest BCUT2D eigenvalue weighted by Gasteiger charge is -2.08. The summed E-state index contributed by atoms with van der Waals surface area (Å²) in [6.07, 6.45) is 0. The fraction of sp³-hybridized carbons (Fsp3) is 0.200. The van der Waals surface area contributed by atoms with Crippen molar-refractivity contribution in [2.24, 2.45) is 0 Å². The Kier molecular flexibility index (Phi) is 3.87. The number of furan rings is 1. The molecule has 96 valence electrons. The predicted octanol–water partition coefficient (Wildman–Crippen LogP) is 4.15. The van der Waals surface area contributed by atoms with Gasteiger partial charge in [0.05, 0.1) is 11.6 Å². The molecule has 1 unspecified atom stereocenters. The summed E-state index contributed by atoms with van der Waals surface area (Å²) >= 11 is 3.34. The minimum absolute atomic E-state index is 0.227. The van der Waals surface area contributed by atoms with Crippen molar-refractivity contribution < 1.29 is 9.21 Å². The van der Waals surface area contributed by atoms with Gasteiger partial charge in [0.25, 0.3) is 0 Å². The highest BCUT2D eigenvalue weighted by atomic mass is 79.9. The topological polar surface area (TPSA) is 54.0 Å². The van der Waals surface area contributed by atoms with Gasteiger partial charge in [-0.15, -0.1) is 0 Å². The van der Waals surface area contributed by atoms with Crippen molar-refractivity contribution in [2.45, 2.75) is 19.8 Å². The molecule has 2 rings (SSSR count). The summed E-state index contributed by atoms with van der Waals surface area (Å²) in [6.45, 7) is 3.51. The number of hydrogen-bond acceptors (Lipinski definition) is 3. The molecule has 0 saturated heterocycles. The summed E-state index contributed by atoms with van der Waals surface area (Å²) in [5.41, 5.74) is 1.16. The van der Waals surface area contributed by atoms with Gasteiger partial charge in [-0.05, 0) is 37.6 Å². The Morgan fingerprint density at radius 2 is 2.11 bits per heavy atom. The molecule has 0 N–H and O–H groups in total. The first kappa shape index (κ1) is 13.6. The molecule has 0 radical (unpaired) electrons. The number of Topliss-reactive ketones (excluding diaryl/α,β-unsaturated/α-hetero) is 1. The molecular weight excluding hydrogens is 306 g/mol. The summed E-state index contributed by atoms with van der Waals surface area (Å²) in [7, 11) is 0. The first-order valence-corrected chi connectivity index (χ1v) is 6.58. The number of aryl methyl sites for hydroxylation is 2. The predicted molar refractivity (Wildman–Crippen MR) is 75.0 cm³/mol. The SMILES string of the molecule is Cc1cc(C(=O)C(C#N)c2cccc(Br)c2)c(C)o1. The zero-order valence-electron chi connectivity index (χ0n) is 10.6. The Morgan fingerprint density at radius 3 is 2.63 bits per heavy atom. The van der Waals surface area contributed by atoms with Crippen LogP contribution in [0.5, 0.6) is 0 Å². The van der Waals surface area contributed by atoms with Crippen molar-refractivity contribution in [3.05, 3.63) is 57.5 Å². The van der Waals surface area contributed by atoms with E-state index in [1.165, 1.54) is 0 Å². The number of ketones is 1. The molecule has 0 fully saturated rings. The largest absolute Gasteiger partial charge is 0.466 e. The number of rotatable bonds is 3. The summed E-state index contributed by atoms with van der Waals surface area (Å²) in [5.74, 6) is 0.188. The molecule has 1 aromatic heterocycles. The summed E-state index contributed by atoms with van der Waals surface area (Å²) in [6, 6.07) is 11.0. The molecule has 0 aliphatic heterocycles. The van der Waals surface area contributed by atoms with Gasteiger partial charge in [-0.25, -0.2) is 0 Å². The Bertz CT molecular complexity index is 667. The van der Waals surface area contributed by atoms with Crippen molar-refractivity contribution in [3.63, 3.8) is 0 Å². The van der Waals surface area contributed by atoms with Crippen LogP contribution >= 0.6 is 15.9 Å². The molecule has 0 aliphatic rings. The molecular formula is C15H12BrNO2. The Balaban J connectivity index is 2.41. The van der Waals surface area contributed by atoms with Gasteiger partial charge in [-0.1, -0.05) is 28.1 Å². The molecule has 0 saturated carbocycles. The average Bonchev–Trinajstić information content (AvgIpc) is 2.69. The average molecular weight is 318 g/mol. The number of halogens is 1. The van der Waals surface area contributed by atoms with Crippen molar-refractivity contribution in [2.75, 3.05) is 0 Å². The van der Waals surface area contributed by atoms with Crippen molar-refractivity contribution >= 4 is 21.7 Å². The van der Waals surface area contributed by atoms with Crippen LogP contribution in [-0.4, -0.2) is 5.78 Å². The third-order valence-corrected chi connectivity index (χ3v) is 3.37. The first-order valence-electron chi connectivity index (χ1n) is 5.79. The summed E-state index contributed by atoms with van der Waals surface area (Å²) < 4.78 is 6.20. The van der Waals surface area contributed by atoms with Crippen LogP contribution in [0.3, 0.4) is 0 Å². The highest BCUT2D eigenvalue weighted by Crippen LogP contribution is 2.26. The quantitative estimate of drug-likeness (QED) is 0.799. The number of nitriles is 1. The fourth-order valence-electron chi connectivity index (χ4n) is 2.00. The summed E-state index contributed by atoms with van der Waals surface area (Å²) in [5, 5.41) is 9.28. The van der Waals surface area contributed by atoms with E-state index in [9.17, 15) is 10.1 Å². The van der Waals surface area contributed by atoms with Gasteiger partial charge in [0, 0.05) is 4.47 Å². The molecule has 0 spiro atoms. The molecule has 1 aromatic carbocycles. The molecule has 19 heavy (non-hydrogen) atoms. The lowest BCUT2D eigenvalue weighted by molar-refractivity contribution is 0.0977. The van der Waals surface area contributed by atoms with E-state index in [-0.39, 0.29) is 5.78 Å². The normalized spacial score (nSPS) is 11.9. The van der Waals surface area contributed by atoms with E-state index >= 15 is 0 Å². The van der Waals surface area contributed by atoms with Crippen LogP contribution in [-0.2, 0) is 0 Å². The number of carbonyl (C=O) groups is 1. The maximum atomic E-state index is 12.4. The second kappa shape index (κ2) is 5.41. The van der Waals surface area contributed by atoms with E-state index in [2.05, 4.69) is 22.0 Å². The van der Waals surface area contributed by atoms with Crippen LogP contribution in [0.15, 0.2) is 39.2 Å². The van der Waals surface area contributed by atoms with E-state index in [4.69, 9.17) is 4.42 Å². The molecule has 0 amide bonds. The highest BCUT2D eigenvalue weighted by Gasteiger charge is 2.25. The van der Waals surface area contributed by atoms with E-state index in [0.29, 0.717) is 22.6 Å². The van der Waals surface area contributed by atoms with Gasteiger partial charge < -0.3 is 4.42 Å². The molecule has 4 heteroatoms. The minimum Gasteiger partial charge on any atom is -0.466 e. The van der Waals surface area contributed by atoms with Crippen LogP contribution in [0.2, 0.25) is 0 Å². The van der Waals surface area contributed by atoms with Gasteiger partial charge in [-0.3, -0.25) is 4.79 Å². The molecule has 3 nitrogen and oxygen atoms in total. The fourth-order valence-corrected chi connectivity index (χ4v) is 2.42. The Hall–Kier alpha value is -1.86. The Morgan fingerprint density at radius 1 is 1.37 bits per heavy atom.